The average molecular weight is 464 g/mol. The van der Waals surface area contributed by atoms with Gasteiger partial charge in [0.15, 0.2) is 11.5 Å². The fraction of sp³-hybridized carbons (Fsp3) is 0.250. The van der Waals surface area contributed by atoms with Gasteiger partial charge in [-0.25, -0.2) is 0 Å². The number of hydrogen-bond acceptors (Lipinski definition) is 5. The Morgan fingerprint density at radius 1 is 1.23 bits per heavy atom. The highest BCUT2D eigenvalue weighted by Gasteiger charge is 2.11. The Morgan fingerprint density at radius 3 is 2.77 bits per heavy atom. The van der Waals surface area contributed by atoms with Gasteiger partial charge in [0, 0.05) is 5.56 Å². The molecule has 2 aromatic rings. The molecule has 136 valence electrons. The zero-order valence-corrected chi connectivity index (χ0v) is 16.9. The van der Waals surface area contributed by atoms with E-state index in [2.05, 4.69) is 39.0 Å². The van der Waals surface area contributed by atoms with Crippen LogP contribution in [0.5, 0.6) is 17.2 Å². The van der Waals surface area contributed by atoms with Gasteiger partial charge in [-0.15, -0.1) is 6.42 Å². The number of rotatable bonds is 9. The van der Waals surface area contributed by atoms with Crippen LogP contribution in [0, 0.1) is 15.9 Å². The van der Waals surface area contributed by atoms with Crippen LogP contribution in [0.15, 0.2) is 41.5 Å². The highest BCUT2D eigenvalue weighted by atomic mass is 127. The summed E-state index contributed by atoms with van der Waals surface area (Å²) in [5.41, 5.74) is 4.97. The molecule has 0 unspecified atom stereocenters. The van der Waals surface area contributed by atoms with E-state index in [4.69, 9.17) is 20.6 Å². The van der Waals surface area contributed by atoms with Crippen LogP contribution in [0.1, 0.15) is 18.1 Å². The second-order valence-corrected chi connectivity index (χ2v) is 6.32. The number of nitrogens with one attached hydrogen (secondary N) is 1. The van der Waals surface area contributed by atoms with Gasteiger partial charge in [-0.05, 0) is 53.3 Å². The topological polar surface area (TPSA) is 52.1 Å². The molecule has 5 nitrogen and oxygen atoms in total. The Balaban J connectivity index is 2.08. The maximum absolute atomic E-state index is 5.66. The monoisotopic (exact) mass is 464 g/mol. The molecule has 0 aliphatic carbocycles. The molecule has 0 heterocycles. The number of nitrogens with zero attached hydrogens (tertiary/aromatic N) is 1. The van der Waals surface area contributed by atoms with Crippen molar-refractivity contribution in [3.8, 4) is 29.6 Å². The average Bonchev–Trinajstić information content (AvgIpc) is 2.65. The predicted molar refractivity (Wildman–Crippen MR) is 112 cm³/mol. The largest absolute Gasteiger partial charge is 0.496 e. The molecule has 2 aromatic carbocycles. The van der Waals surface area contributed by atoms with E-state index in [0.29, 0.717) is 24.7 Å². The molecule has 2 rings (SSSR count). The summed E-state index contributed by atoms with van der Waals surface area (Å²) in [6.45, 7) is 3.23. The molecular weight excluding hydrogens is 443 g/mol. The van der Waals surface area contributed by atoms with Crippen molar-refractivity contribution in [2.45, 2.75) is 13.5 Å². The molecule has 0 saturated heterocycles. The maximum Gasteiger partial charge on any atom is 0.175 e. The summed E-state index contributed by atoms with van der Waals surface area (Å²) in [5, 5.41) is 4.28. The molecule has 0 amide bonds. The number of terminal acetylenes is 1. The Kier molecular flexibility index (Phi) is 8.09. The van der Waals surface area contributed by atoms with Crippen molar-refractivity contribution < 1.29 is 14.2 Å². The molecule has 0 aliphatic rings. The van der Waals surface area contributed by atoms with Crippen LogP contribution in [-0.4, -0.2) is 26.5 Å². The minimum atomic E-state index is 0.198. The van der Waals surface area contributed by atoms with Gasteiger partial charge in [0.25, 0.3) is 0 Å². The third-order valence-corrected chi connectivity index (χ3v) is 4.20. The normalized spacial score (nSPS) is 10.4. The second kappa shape index (κ2) is 10.6. The summed E-state index contributed by atoms with van der Waals surface area (Å²) in [7, 11) is 1.66. The lowest BCUT2D eigenvalue weighted by Gasteiger charge is -2.13. The molecule has 0 spiro atoms. The molecule has 6 heteroatoms. The standard InChI is InChI=1S/C20H21IN2O3/c1-4-10-26-20-17(21)11-15(12-19(20)25-5-2)13-22-23-14-16-8-6-7-9-18(16)24-3/h1,6-9,11-13,23H,5,10,14H2,2-3H3/b22-13+. The van der Waals surface area contributed by atoms with Crippen LogP contribution in [0.4, 0.5) is 0 Å². The lowest BCUT2D eigenvalue weighted by Crippen LogP contribution is -2.07. The zero-order chi connectivity index (χ0) is 18.8. The highest BCUT2D eigenvalue weighted by molar-refractivity contribution is 14.1. The number of ether oxygens (including phenoxy) is 3. The first-order chi connectivity index (χ1) is 12.7. The summed E-state index contributed by atoms with van der Waals surface area (Å²) >= 11 is 2.20. The van der Waals surface area contributed by atoms with Crippen molar-refractivity contribution in [1.82, 2.24) is 5.43 Å². The molecule has 0 radical (unpaired) electrons. The number of halogens is 1. The third-order valence-electron chi connectivity index (χ3n) is 3.40. The fourth-order valence-electron chi connectivity index (χ4n) is 2.28. The zero-order valence-electron chi connectivity index (χ0n) is 14.8. The second-order valence-electron chi connectivity index (χ2n) is 5.16. The number of hydrogen-bond donors (Lipinski definition) is 1. The van der Waals surface area contributed by atoms with Gasteiger partial charge >= 0.3 is 0 Å². The summed E-state index contributed by atoms with van der Waals surface area (Å²) in [6, 6.07) is 11.7. The number of para-hydroxylation sites is 1. The van der Waals surface area contributed by atoms with Gasteiger partial charge in [0.2, 0.25) is 0 Å². The Bertz CT molecular complexity index is 800. The first kappa shape index (κ1) is 19.9. The molecule has 0 aliphatic heterocycles. The van der Waals surface area contributed by atoms with E-state index in [1.807, 2.05) is 43.3 Å². The number of methoxy groups -OCH3 is 1. The molecule has 0 fully saturated rings. The quantitative estimate of drug-likeness (QED) is 0.265. The predicted octanol–water partition coefficient (Wildman–Crippen LogP) is 3.83. The molecule has 0 atom stereocenters. The SMILES string of the molecule is C#CCOc1c(I)cc(/C=N/NCc2ccccc2OC)cc1OCC. The third kappa shape index (κ3) is 5.56. The first-order valence-corrected chi connectivity index (χ1v) is 9.17. The Labute approximate surface area is 167 Å². The van der Waals surface area contributed by atoms with E-state index in [1.54, 1.807) is 13.3 Å². The van der Waals surface area contributed by atoms with Crippen LogP contribution in [0.3, 0.4) is 0 Å². The highest BCUT2D eigenvalue weighted by Crippen LogP contribution is 2.33. The fourth-order valence-corrected chi connectivity index (χ4v) is 3.06. The molecule has 0 bridgehead atoms. The lowest BCUT2D eigenvalue weighted by atomic mass is 10.2. The number of hydrazone groups is 1. The Hall–Kier alpha value is -2.40. The van der Waals surface area contributed by atoms with Crippen molar-refractivity contribution in [3.05, 3.63) is 51.1 Å². The van der Waals surface area contributed by atoms with E-state index < -0.39 is 0 Å². The van der Waals surface area contributed by atoms with E-state index in [0.717, 1.165) is 20.4 Å². The molecule has 1 N–H and O–H groups in total. The minimum Gasteiger partial charge on any atom is -0.496 e. The molecular formula is C20H21IN2O3. The molecule has 26 heavy (non-hydrogen) atoms. The summed E-state index contributed by atoms with van der Waals surface area (Å²) in [5.74, 6) is 4.61. The summed E-state index contributed by atoms with van der Waals surface area (Å²) < 4.78 is 17.5. The van der Waals surface area contributed by atoms with Gasteiger partial charge in [-0.3, -0.25) is 0 Å². The van der Waals surface area contributed by atoms with Gasteiger partial charge < -0.3 is 19.6 Å². The molecule has 0 aromatic heterocycles. The van der Waals surface area contributed by atoms with Gasteiger partial charge in [-0.2, -0.15) is 5.10 Å². The van der Waals surface area contributed by atoms with Crippen LogP contribution in [-0.2, 0) is 6.54 Å². The van der Waals surface area contributed by atoms with Crippen molar-refractivity contribution in [2.75, 3.05) is 20.3 Å². The van der Waals surface area contributed by atoms with E-state index >= 15 is 0 Å². The van der Waals surface area contributed by atoms with Crippen LogP contribution >= 0.6 is 22.6 Å². The van der Waals surface area contributed by atoms with Crippen molar-refractivity contribution in [2.24, 2.45) is 5.10 Å². The smallest absolute Gasteiger partial charge is 0.175 e. The van der Waals surface area contributed by atoms with Crippen LogP contribution < -0.4 is 19.6 Å². The first-order valence-electron chi connectivity index (χ1n) is 8.10. The Morgan fingerprint density at radius 2 is 2.04 bits per heavy atom. The van der Waals surface area contributed by atoms with Crippen LogP contribution in [0.25, 0.3) is 0 Å². The van der Waals surface area contributed by atoms with E-state index in [-0.39, 0.29) is 6.61 Å². The maximum atomic E-state index is 5.66. The lowest BCUT2D eigenvalue weighted by molar-refractivity contribution is 0.298. The van der Waals surface area contributed by atoms with Crippen molar-refractivity contribution in [3.63, 3.8) is 0 Å². The van der Waals surface area contributed by atoms with Crippen LogP contribution in [0.2, 0.25) is 0 Å². The molecule has 0 saturated carbocycles. The van der Waals surface area contributed by atoms with E-state index in [1.165, 1.54) is 0 Å². The minimum absolute atomic E-state index is 0.198. The van der Waals surface area contributed by atoms with E-state index in [9.17, 15) is 0 Å². The van der Waals surface area contributed by atoms with Gasteiger partial charge in [0.1, 0.15) is 12.4 Å². The number of benzene rings is 2. The summed E-state index contributed by atoms with van der Waals surface area (Å²) in [4.78, 5) is 0. The van der Waals surface area contributed by atoms with Crippen molar-refractivity contribution in [1.29, 1.82) is 0 Å². The van der Waals surface area contributed by atoms with Crippen molar-refractivity contribution >= 4 is 28.8 Å². The summed E-state index contributed by atoms with van der Waals surface area (Å²) in [6.07, 6.45) is 7.01. The van der Waals surface area contributed by atoms with Gasteiger partial charge in [-0.1, -0.05) is 24.1 Å². The van der Waals surface area contributed by atoms with Gasteiger partial charge in [0.05, 0.1) is 30.0 Å².